The summed E-state index contributed by atoms with van der Waals surface area (Å²) in [4.78, 5) is 1.42. The van der Waals surface area contributed by atoms with E-state index in [2.05, 4.69) is 44.2 Å². The third-order valence-electron chi connectivity index (χ3n) is 10.8. The summed E-state index contributed by atoms with van der Waals surface area (Å²) in [5.41, 5.74) is 6.90. The summed E-state index contributed by atoms with van der Waals surface area (Å²) in [7, 11) is 0. The first kappa shape index (κ1) is 24.5. The molecule has 0 aliphatic heterocycles. The molecule has 0 fully saturated rings. The van der Waals surface area contributed by atoms with Crippen LogP contribution in [0, 0.1) is 0 Å². The molecule has 9 aromatic carbocycles. The van der Waals surface area contributed by atoms with Gasteiger partial charge in [-0.05, 0) is 113 Å². The van der Waals surface area contributed by atoms with Gasteiger partial charge in [0.15, 0.2) is 0 Å². The molecule has 0 aromatic heterocycles. The lowest BCUT2D eigenvalue weighted by atomic mass is 9.82. The van der Waals surface area contributed by atoms with Gasteiger partial charge < -0.3 is 4.90 Å². The maximum atomic E-state index is 10.0. The molecule has 0 unspecified atom stereocenters. The zero-order valence-electron chi connectivity index (χ0n) is 37.9. The van der Waals surface area contributed by atoms with E-state index in [9.17, 15) is 11.0 Å². The van der Waals surface area contributed by atoms with E-state index < -0.39 is 12.1 Å². The standard InChI is InChI=1S/C53H39N/c1-53(2)50-25-8-7-21-49(50)52-48(24-12-26-51(52)53)40-17-9-18-43(35-40)54(41-31-27-38(28-32-41)46-22-10-15-36-13-3-5-19-44(36)46)42-33-29-39(30-34-42)47-23-11-16-37-14-4-6-20-45(37)47/h3-35H,1-2H3/i9D,17D,18D,27D,28D,31D,32D,35D. The van der Waals surface area contributed by atoms with Crippen molar-refractivity contribution >= 4 is 38.6 Å². The Kier molecular flexibility index (Phi) is 5.79. The van der Waals surface area contributed by atoms with Gasteiger partial charge in [-0.15, -0.1) is 0 Å². The molecule has 0 N–H and O–H groups in total. The van der Waals surface area contributed by atoms with Gasteiger partial charge in [-0.2, -0.15) is 0 Å². The van der Waals surface area contributed by atoms with Crippen LogP contribution in [-0.4, -0.2) is 0 Å². The first-order chi connectivity index (χ1) is 29.9. The largest absolute Gasteiger partial charge is 0.310 e. The Hall–Kier alpha value is -6.70. The van der Waals surface area contributed by atoms with Crippen LogP contribution in [0.4, 0.5) is 17.1 Å². The molecule has 0 spiro atoms. The van der Waals surface area contributed by atoms with Crippen molar-refractivity contribution < 1.29 is 11.0 Å². The third-order valence-corrected chi connectivity index (χ3v) is 10.8. The van der Waals surface area contributed by atoms with Crippen molar-refractivity contribution in [2.45, 2.75) is 19.3 Å². The SMILES string of the molecule is [2H]c1c([2H])c(-c2cccc3c2-c2ccccc2C3(C)C)c([2H])c(N(c2ccc(-c3cccc4ccccc34)cc2)c2c([2H])c([2H])c(-c3cccc4ccccc34)c([2H])c2[2H])c1[2H]. The van der Waals surface area contributed by atoms with E-state index in [0.29, 0.717) is 16.8 Å². The summed E-state index contributed by atoms with van der Waals surface area (Å²) in [6, 6.07) is 46.0. The first-order valence-corrected chi connectivity index (χ1v) is 18.2. The second kappa shape index (κ2) is 12.8. The fourth-order valence-corrected chi connectivity index (χ4v) is 8.18. The predicted molar refractivity (Wildman–Crippen MR) is 230 cm³/mol. The van der Waals surface area contributed by atoms with Gasteiger partial charge in [0.1, 0.15) is 0 Å². The molecule has 0 bridgehead atoms. The van der Waals surface area contributed by atoms with Crippen molar-refractivity contribution in [3.05, 3.63) is 211 Å². The molecule has 10 rings (SSSR count). The normalized spacial score (nSPS) is 14.9. The van der Waals surface area contributed by atoms with Crippen LogP contribution >= 0.6 is 0 Å². The van der Waals surface area contributed by atoms with Crippen LogP contribution in [0.25, 0.3) is 66.1 Å². The topological polar surface area (TPSA) is 3.24 Å². The Balaban J connectivity index is 1.25. The molecule has 1 aliphatic carbocycles. The average Bonchev–Trinajstić information content (AvgIpc) is 3.53. The molecule has 9 aromatic rings. The fourth-order valence-electron chi connectivity index (χ4n) is 8.18. The van der Waals surface area contributed by atoms with Gasteiger partial charge >= 0.3 is 0 Å². The van der Waals surface area contributed by atoms with Crippen molar-refractivity contribution in [1.29, 1.82) is 0 Å². The maximum Gasteiger partial charge on any atom is 0.0651 e. The highest BCUT2D eigenvalue weighted by Crippen LogP contribution is 2.52. The van der Waals surface area contributed by atoms with E-state index in [-0.39, 0.29) is 64.2 Å². The highest BCUT2D eigenvalue weighted by atomic mass is 15.1. The molecule has 1 nitrogen and oxygen atoms in total. The number of hydrogen-bond acceptors (Lipinski definition) is 1. The number of fused-ring (bicyclic) bond motifs is 5. The molecule has 0 atom stereocenters. The van der Waals surface area contributed by atoms with E-state index in [0.717, 1.165) is 54.9 Å². The molecule has 0 radical (unpaired) electrons. The number of rotatable bonds is 6. The molecule has 1 aliphatic rings. The summed E-state index contributed by atoms with van der Waals surface area (Å²) in [5, 5.41) is 3.80. The first-order valence-electron chi connectivity index (χ1n) is 22.2. The fraction of sp³-hybridized carbons (Fsp3) is 0.0566. The zero-order chi connectivity index (χ0) is 43.2. The minimum absolute atomic E-state index is 0.124. The monoisotopic (exact) mass is 697 g/mol. The van der Waals surface area contributed by atoms with Gasteiger partial charge in [0.05, 0.1) is 11.0 Å². The highest BCUT2D eigenvalue weighted by Gasteiger charge is 2.36. The second-order valence-electron chi connectivity index (χ2n) is 14.3. The summed E-state index contributed by atoms with van der Waals surface area (Å²) in [6.07, 6.45) is 0. The number of nitrogens with zero attached hydrogens (tertiary/aromatic N) is 1. The van der Waals surface area contributed by atoms with E-state index in [4.69, 9.17) is 0 Å². The molecule has 54 heavy (non-hydrogen) atoms. The van der Waals surface area contributed by atoms with Gasteiger partial charge in [-0.25, -0.2) is 0 Å². The quantitative estimate of drug-likeness (QED) is 0.167. The van der Waals surface area contributed by atoms with Crippen molar-refractivity contribution in [3.8, 4) is 44.5 Å². The van der Waals surface area contributed by atoms with Crippen molar-refractivity contribution in [1.82, 2.24) is 0 Å². The Labute approximate surface area is 328 Å². The zero-order valence-corrected chi connectivity index (χ0v) is 29.9. The average molecular weight is 698 g/mol. The van der Waals surface area contributed by atoms with E-state index in [1.807, 2.05) is 103 Å². The summed E-state index contributed by atoms with van der Waals surface area (Å²) in [5.74, 6) is 0. The summed E-state index contributed by atoms with van der Waals surface area (Å²) in [6.45, 7) is 4.29. The minimum Gasteiger partial charge on any atom is -0.310 e. The molecule has 0 saturated heterocycles. The van der Waals surface area contributed by atoms with E-state index in [1.165, 1.54) is 4.90 Å². The summed E-state index contributed by atoms with van der Waals surface area (Å²) < 4.78 is 76.5. The lowest BCUT2D eigenvalue weighted by Crippen LogP contribution is -2.14. The van der Waals surface area contributed by atoms with Gasteiger partial charge in [0.2, 0.25) is 0 Å². The Morgan fingerprint density at radius 1 is 0.407 bits per heavy atom. The van der Waals surface area contributed by atoms with Gasteiger partial charge in [-0.3, -0.25) is 0 Å². The molecule has 1 heteroatoms. The summed E-state index contributed by atoms with van der Waals surface area (Å²) >= 11 is 0. The number of anilines is 3. The molecule has 0 amide bonds. The molecule has 0 saturated carbocycles. The van der Waals surface area contributed by atoms with Crippen LogP contribution < -0.4 is 4.90 Å². The smallest absolute Gasteiger partial charge is 0.0651 e. The molecular formula is C53H39N. The Morgan fingerprint density at radius 2 is 0.963 bits per heavy atom. The van der Waals surface area contributed by atoms with Crippen molar-refractivity contribution in [2.24, 2.45) is 0 Å². The maximum absolute atomic E-state index is 10.0. The van der Waals surface area contributed by atoms with Gasteiger partial charge in [-0.1, -0.05) is 178 Å². The van der Waals surface area contributed by atoms with E-state index >= 15 is 0 Å². The van der Waals surface area contributed by atoms with Crippen LogP contribution in [0.1, 0.15) is 35.9 Å². The van der Waals surface area contributed by atoms with Crippen LogP contribution in [-0.2, 0) is 5.41 Å². The Bertz CT molecular complexity index is 3280. The Morgan fingerprint density at radius 3 is 1.69 bits per heavy atom. The predicted octanol–water partition coefficient (Wildman–Crippen LogP) is 14.8. The number of hydrogen-bond donors (Lipinski definition) is 0. The second-order valence-corrected chi connectivity index (χ2v) is 14.3. The van der Waals surface area contributed by atoms with Crippen LogP contribution in [0.15, 0.2) is 200 Å². The van der Waals surface area contributed by atoms with Crippen LogP contribution in [0.5, 0.6) is 0 Å². The van der Waals surface area contributed by atoms with Gasteiger partial charge in [0, 0.05) is 22.5 Å². The lowest BCUT2D eigenvalue weighted by Gasteiger charge is -2.27. The van der Waals surface area contributed by atoms with Crippen LogP contribution in [0.3, 0.4) is 0 Å². The third kappa shape index (κ3) is 5.24. The van der Waals surface area contributed by atoms with Crippen LogP contribution in [0.2, 0.25) is 0 Å². The minimum atomic E-state index is -0.440. The van der Waals surface area contributed by atoms with E-state index in [1.54, 1.807) is 18.2 Å². The lowest BCUT2D eigenvalue weighted by molar-refractivity contribution is 0.660. The van der Waals surface area contributed by atoms with Gasteiger partial charge in [0.25, 0.3) is 0 Å². The molecular weight excluding hydrogens is 651 g/mol. The highest BCUT2D eigenvalue weighted by molar-refractivity contribution is 5.99. The van der Waals surface area contributed by atoms with Crippen molar-refractivity contribution in [3.63, 3.8) is 0 Å². The van der Waals surface area contributed by atoms with Crippen molar-refractivity contribution in [2.75, 3.05) is 4.90 Å². The number of benzene rings is 9. The molecule has 0 heterocycles. The molecule has 256 valence electrons.